The van der Waals surface area contributed by atoms with Gasteiger partial charge in [-0.3, -0.25) is 9.52 Å². The molecule has 0 saturated heterocycles. The fraction of sp³-hybridized carbons (Fsp3) is 0.105. The summed E-state index contributed by atoms with van der Waals surface area (Å²) >= 11 is 0. The smallest absolute Gasteiger partial charge is 0.321 e. The number of allylic oxidation sites excluding steroid dienone is 1. The van der Waals surface area contributed by atoms with Crippen molar-refractivity contribution in [3.8, 4) is 11.9 Å². The van der Waals surface area contributed by atoms with E-state index >= 15 is 0 Å². The summed E-state index contributed by atoms with van der Waals surface area (Å²) in [7, 11) is -1.16. The van der Waals surface area contributed by atoms with Crippen LogP contribution in [-0.2, 0) is 10.0 Å². The van der Waals surface area contributed by atoms with E-state index in [1.165, 1.54) is 51.0 Å². The second kappa shape index (κ2) is 9.09. The van der Waals surface area contributed by atoms with E-state index in [1.807, 2.05) is 0 Å². The van der Waals surface area contributed by atoms with E-state index in [4.69, 9.17) is 13.9 Å². The van der Waals surface area contributed by atoms with Crippen molar-refractivity contribution in [1.82, 2.24) is 9.97 Å². The third-order valence-corrected chi connectivity index (χ3v) is 5.10. The molecule has 0 aliphatic rings. The van der Waals surface area contributed by atoms with Crippen molar-refractivity contribution >= 4 is 27.3 Å². The summed E-state index contributed by atoms with van der Waals surface area (Å²) < 4.78 is 42.5. The predicted octanol–water partition coefficient (Wildman–Crippen LogP) is 2.70. The highest BCUT2D eigenvalue weighted by Gasteiger charge is 2.16. The summed E-state index contributed by atoms with van der Waals surface area (Å²) in [5.41, 5.74) is 0.586. The van der Waals surface area contributed by atoms with Crippen LogP contribution in [-0.4, -0.2) is 38.4 Å². The number of aromatic nitrogens is 2. The zero-order valence-corrected chi connectivity index (χ0v) is 16.8. The Balaban J connectivity index is 1.68. The number of nitrogens with one attached hydrogen (secondary N) is 2. The number of methoxy groups -OCH3 is 2. The van der Waals surface area contributed by atoms with Crippen molar-refractivity contribution < 1.29 is 27.1 Å². The highest BCUT2D eigenvalue weighted by Crippen LogP contribution is 2.21. The highest BCUT2D eigenvalue weighted by atomic mass is 32.2. The number of hydrogen-bond acceptors (Lipinski definition) is 9. The van der Waals surface area contributed by atoms with Crippen LogP contribution >= 0.6 is 0 Å². The Morgan fingerprint density at radius 2 is 1.87 bits per heavy atom. The van der Waals surface area contributed by atoms with Crippen molar-refractivity contribution in [2.24, 2.45) is 0 Å². The number of hydrogen-bond donors (Lipinski definition) is 2. The molecule has 0 unspecified atom stereocenters. The summed E-state index contributed by atoms with van der Waals surface area (Å²) in [6, 6.07) is 10.4. The number of furan rings is 1. The molecule has 0 aliphatic carbocycles. The van der Waals surface area contributed by atoms with Gasteiger partial charge in [-0.05, 0) is 36.4 Å². The summed E-state index contributed by atoms with van der Waals surface area (Å²) in [5.74, 6) is 0.0698. The molecule has 0 bridgehead atoms. The third-order valence-electron chi connectivity index (χ3n) is 3.73. The minimum Gasteiger partial charge on any atom is -0.481 e. The molecular formula is C19H18N4O6S. The number of anilines is 2. The fourth-order valence-corrected chi connectivity index (χ4v) is 3.29. The molecule has 0 fully saturated rings. The van der Waals surface area contributed by atoms with Crippen LogP contribution in [0.3, 0.4) is 0 Å². The van der Waals surface area contributed by atoms with Crippen LogP contribution in [0, 0.1) is 0 Å². The van der Waals surface area contributed by atoms with E-state index in [9.17, 15) is 13.2 Å². The van der Waals surface area contributed by atoms with Crippen LogP contribution in [0.5, 0.6) is 11.9 Å². The van der Waals surface area contributed by atoms with Gasteiger partial charge in [0.05, 0.1) is 25.4 Å². The van der Waals surface area contributed by atoms with Gasteiger partial charge in [0.1, 0.15) is 0 Å². The number of ether oxygens (including phenoxy) is 2. The van der Waals surface area contributed by atoms with Gasteiger partial charge < -0.3 is 19.2 Å². The maximum Gasteiger partial charge on any atom is 0.321 e. The first-order valence-electron chi connectivity index (χ1n) is 8.52. The SMILES string of the molecule is COc1cc(NS(=O)(=O)c2ccc(N/C=C/C(=O)c3ccco3)cc2)nc(OC)n1. The molecule has 0 spiro atoms. The lowest BCUT2D eigenvalue weighted by atomic mass is 10.3. The Morgan fingerprint density at radius 1 is 1.10 bits per heavy atom. The zero-order chi connectivity index (χ0) is 21.6. The van der Waals surface area contributed by atoms with Crippen molar-refractivity contribution in [3.05, 3.63) is 66.8 Å². The molecule has 10 nitrogen and oxygen atoms in total. The Bertz CT molecular complexity index is 1120. The molecule has 0 atom stereocenters. The molecule has 30 heavy (non-hydrogen) atoms. The van der Waals surface area contributed by atoms with Crippen molar-refractivity contribution in [2.75, 3.05) is 24.3 Å². The topological polar surface area (TPSA) is 133 Å². The molecule has 0 aliphatic heterocycles. The second-order valence-corrected chi connectivity index (χ2v) is 7.41. The molecule has 0 radical (unpaired) electrons. The lowest BCUT2D eigenvalue weighted by Crippen LogP contribution is -2.14. The van der Waals surface area contributed by atoms with Crippen LogP contribution in [0.1, 0.15) is 10.6 Å². The number of carbonyl (C=O) groups excluding carboxylic acids is 1. The monoisotopic (exact) mass is 430 g/mol. The Kier molecular flexibility index (Phi) is 6.32. The lowest BCUT2D eigenvalue weighted by Gasteiger charge is -2.10. The van der Waals surface area contributed by atoms with Crippen LogP contribution < -0.4 is 19.5 Å². The van der Waals surface area contributed by atoms with Crippen LogP contribution in [0.2, 0.25) is 0 Å². The van der Waals surface area contributed by atoms with Gasteiger partial charge in [-0.25, -0.2) is 8.42 Å². The summed E-state index contributed by atoms with van der Waals surface area (Å²) in [4.78, 5) is 19.7. The summed E-state index contributed by atoms with van der Waals surface area (Å²) in [6.07, 6.45) is 4.16. The standard InChI is InChI=1S/C19H18N4O6S/c1-27-18-12-17(21-19(22-18)28-2)23-30(25,26)14-7-5-13(6-8-14)20-10-9-15(24)16-4-3-11-29-16/h3-12,20H,1-2H3,(H,21,22,23)/b10-9+. The van der Waals surface area contributed by atoms with Gasteiger partial charge in [0, 0.05) is 24.0 Å². The van der Waals surface area contributed by atoms with Gasteiger partial charge in [0.2, 0.25) is 11.7 Å². The maximum absolute atomic E-state index is 12.6. The molecule has 3 rings (SSSR count). The lowest BCUT2D eigenvalue weighted by molar-refractivity contribution is 0.102. The molecule has 3 aromatic rings. The van der Waals surface area contributed by atoms with E-state index in [1.54, 1.807) is 24.3 Å². The van der Waals surface area contributed by atoms with E-state index in [-0.39, 0.29) is 34.1 Å². The molecule has 1 aromatic carbocycles. The van der Waals surface area contributed by atoms with Crippen molar-refractivity contribution in [3.63, 3.8) is 0 Å². The predicted molar refractivity (Wildman–Crippen MR) is 108 cm³/mol. The van der Waals surface area contributed by atoms with E-state index in [2.05, 4.69) is 20.0 Å². The molecule has 2 N–H and O–H groups in total. The van der Waals surface area contributed by atoms with Gasteiger partial charge in [0.15, 0.2) is 11.6 Å². The minimum atomic E-state index is -3.91. The van der Waals surface area contributed by atoms with E-state index in [0.29, 0.717) is 5.69 Å². The van der Waals surface area contributed by atoms with Crippen LogP contribution in [0.4, 0.5) is 11.5 Å². The normalized spacial score (nSPS) is 11.3. The largest absolute Gasteiger partial charge is 0.481 e. The number of ketones is 1. The average molecular weight is 430 g/mol. The van der Waals surface area contributed by atoms with Crippen LogP contribution in [0.25, 0.3) is 0 Å². The molecular weight excluding hydrogens is 412 g/mol. The Morgan fingerprint density at radius 3 is 2.50 bits per heavy atom. The Hall–Kier alpha value is -3.86. The summed E-state index contributed by atoms with van der Waals surface area (Å²) in [5, 5.41) is 2.88. The van der Waals surface area contributed by atoms with Gasteiger partial charge in [-0.1, -0.05) is 0 Å². The number of benzene rings is 1. The van der Waals surface area contributed by atoms with Gasteiger partial charge in [0.25, 0.3) is 10.0 Å². The first-order valence-corrected chi connectivity index (χ1v) is 10.0. The van der Waals surface area contributed by atoms with Gasteiger partial charge in [-0.2, -0.15) is 9.97 Å². The molecule has 11 heteroatoms. The molecule has 0 amide bonds. The van der Waals surface area contributed by atoms with Gasteiger partial charge >= 0.3 is 6.01 Å². The minimum absolute atomic E-state index is 0.000253. The number of sulfonamides is 1. The third kappa shape index (κ3) is 5.14. The van der Waals surface area contributed by atoms with Crippen LogP contribution in [0.15, 0.2) is 70.3 Å². The molecule has 2 aromatic heterocycles. The Labute approximate surface area is 172 Å². The van der Waals surface area contributed by atoms with E-state index in [0.717, 1.165) is 0 Å². The highest BCUT2D eigenvalue weighted by molar-refractivity contribution is 7.92. The van der Waals surface area contributed by atoms with Crippen molar-refractivity contribution in [1.29, 1.82) is 0 Å². The number of carbonyl (C=O) groups is 1. The molecule has 2 heterocycles. The fourth-order valence-electron chi connectivity index (χ4n) is 2.29. The van der Waals surface area contributed by atoms with E-state index < -0.39 is 10.0 Å². The second-order valence-electron chi connectivity index (χ2n) is 5.73. The quantitative estimate of drug-likeness (QED) is 0.388. The zero-order valence-electron chi connectivity index (χ0n) is 16.0. The summed E-state index contributed by atoms with van der Waals surface area (Å²) in [6.45, 7) is 0. The molecule has 0 saturated carbocycles. The molecule has 156 valence electrons. The number of rotatable bonds is 9. The number of nitrogens with zero attached hydrogens (tertiary/aromatic N) is 2. The first kappa shape index (κ1) is 20.9. The maximum atomic E-state index is 12.6. The van der Waals surface area contributed by atoms with Gasteiger partial charge in [-0.15, -0.1) is 0 Å². The first-order chi connectivity index (χ1) is 14.4. The average Bonchev–Trinajstić information content (AvgIpc) is 3.28. The van der Waals surface area contributed by atoms with Crippen molar-refractivity contribution in [2.45, 2.75) is 4.90 Å².